The van der Waals surface area contributed by atoms with Gasteiger partial charge in [0.05, 0.1) is 17.2 Å². The SMILES string of the molecule is CC(C)C[C@@H](C(=O)N1C[C@]2(C[C@H]1C#N)C(=O)Nc1ccccc12)N(C)C(=O)C(C)(C)C(=O)Nc1cc(F)ccc1F. The summed E-state index contributed by atoms with van der Waals surface area (Å²) in [6.07, 6.45) is 0.332. The zero-order valence-electron chi connectivity index (χ0n) is 23.6. The zero-order chi connectivity index (χ0) is 30.3. The van der Waals surface area contributed by atoms with Gasteiger partial charge in [0.1, 0.15) is 29.1 Å². The Balaban J connectivity index is 1.61. The summed E-state index contributed by atoms with van der Waals surface area (Å²) in [6.45, 7) is 6.37. The molecule has 2 aromatic carbocycles. The minimum Gasteiger partial charge on any atom is -0.333 e. The normalized spacial score (nSPS) is 20.4. The number of likely N-dealkylation sites (tertiary alicyclic amines) is 1. The van der Waals surface area contributed by atoms with Gasteiger partial charge in [-0.05, 0) is 49.9 Å². The maximum atomic E-state index is 14.2. The quantitative estimate of drug-likeness (QED) is 0.495. The summed E-state index contributed by atoms with van der Waals surface area (Å²) in [5.74, 6) is -4.10. The second kappa shape index (κ2) is 10.9. The summed E-state index contributed by atoms with van der Waals surface area (Å²) in [5, 5.41) is 15.1. The molecule has 3 atom stereocenters. The van der Waals surface area contributed by atoms with Crippen LogP contribution < -0.4 is 10.6 Å². The number of anilines is 2. The third kappa shape index (κ3) is 5.26. The first kappa shape index (κ1) is 29.6. The van der Waals surface area contributed by atoms with Gasteiger partial charge in [0.25, 0.3) is 0 Å². The van der Waals surface area contributed by atoms with Gasteiger partial charge in [-0.2, -0.15) is 5.26 Å². The molecule has 1 fully saturated rings. The molecule has 0 bridgehead atoms. The Labute approximate surface area is 237 Å². The molecular weight excluding hydrogens is 532 g/mol. The van der Waals surface area contributed by atoms with Gasteiger partial charge in [-0.1, -0.05) is 32.0 Å². The zero-order valence-corrected chi connectivity index (χ0v) is 23.6. The van der Waals surface area contributed by atoms with Crippen LogP contribution in [0, 0.1) is 34.3 Å². The summed E-state index contributed by atoms with van der Waals surface area (Å²) in [4.78, 5) is 56.6. The van der Waals surface area contributed by atoms with E-state index in [0.717, 1.165) is 18.2 Å². The molecule has 0 unspecified atom stereocenters. The number of nitriles is 1. The smallest absolute Gasteiger partial charge is 0.246 e. The number of nitrogens with zero attached hydrogens (tertiary/aromatic N) is 3. The number of halogens is 2. The van der Waals surface area contributed by atoms with Gasteiger partial charge in [-0.25, -0.2) is 8.78 Å². The fourth-order valence-corrected chi connectivity index (χ4v) is 5.60. The minimum absolute atomic E-state index is 0.0355. The Hall–Kier alpha value is -4.33. The standard InChI is InChI=1S/C30H33F2N5O4/c1-17(2)12-24(36(5)28(41)29(3,4)26(39)35-23-13-18(31)10-11-21(23)32)25(38)37-16-30(14-19(37)15-33)20-8-6-7-9-22(20)34-27(30)40/h6-11,13,17,19,24H,12,14,16H2,1-5H3,(H,34,40)(H,35,39)/t19-,24-,30-/m0/s1. The Bertz CT molecular complexity index is 1450. The molecule has 2 aliphatic rings. The highest BCUT2D eigenvalue weighted by atomic mass is 19.1. The van der Waals surface area contributed by atoms with Crippen molar-refractivity contribution in [3.8, 4) is 6.07 Å². The van der Waals surface area contributed by atoms with Crippen LogP contribution in [0.15, 0.2) is 42.5 Å². The lowest BCUT2D eigenvalue weighted by atomic mass is 9.80. The van der Waals surface area contributed by atoms with Crippen molar-refractivity contribution in [2.75, 3.05) is 24.2 Å². The van der Waals surface area contributed by atoms with Gasteiger partial charge in [0.15, 0.2) is 0 Å². The maximum Gasteiger partial charge on any atom is 0.246 e. The number of benzene rings is 2. The van der Waals surface area contributed by atoms with E-state index in [-0.39, 0.29) is 31.2 Å². The van der Waals surface area contributed by atoms with Crippen LogP contribution >= 0.6 is 0 Å². The first-order valence-corrected chi connectivity index (χ1v) is 13.4. The van der Waals surface area contributed by atoms with Crippen LogP contribution in [0.2, 0.25) is 0 Å². The first-order chi connectivity index (χ1) is 19.2. The van der Waals surface area contributed by atoms with E-state index in [2.05, 4.69) is 16.7 Å². The third-order valence-electron chi connectivity index (χ3n) is 7.96. The molecule has 9 nitrogen and oxygen atoms in total. The minimum atomic E-state index is -1.77. The van der Waals surface area contributed by atoms with E-state index in [1.807, 2.05) is 13.8 Å². The fourth-order valence-electron chi connectivity index (χ4n) is 5.60. The molecule has 2 heterocycles. The van der Waals surface area contributed by atoms with E-state index < -0.39 is 58.0 Å². The average molecular weight is 566 g/mol. The Morgan fingerprint density at radius 1 is 1.22 bits per heavy atom. The summed E-state index contributed by atoms with van der Waals surface area (Å²) >= 11 is 0. The second-order valence-electron chi connectivity index (χ2n) is 11.7. The molecule has 0 aromatic heterocycles. The second-order valence-corrected chi connectivity index (χ2v) is 11.7. The number of likely N-dealkylation sites (N-methyl/N-ethyl adjacent to an activating group) is 1. The van der Waals surface area contributed by atoms with Crippen LogP contribution in [-0.2, 0) is 24.6 Å². The highest BCUT2D eigenvalue weighted by Gasteiger charge is 2.57. The lowest BCUT2D eigenvalue weighted by molar-refractivity contribution is -0.153. The molecule has 0 radical (unpaired) electrons. The van der Waals surface area contributed by atoms with E-state index in [1.165, 1.54) is 30.7 Å². The number of amides is 4. The summed E-state index contributed by atoms with van der Waals surface area (Å²) in [6, 6.07) is 9.92. The van der Waals surface area contributed by atoms with Gasteiger partial charge in [0.2, 0.25) is 23.6 Å². The van der Waals surface area contributed by atoms with Crippen molar-refractivity contribution < 1.29 is 28.0 Å². The van der Waals surface area contributed by atoms with E-state index in [0.29, 0.717) is 11.3 Å². The molecule has 0 saturated carbocycles. The highest BCUT2D eigenvalue weighted by Crippen LogP contribution is 2.46. The van der Waals surface area contributed by atoms with Crippen LogP contribution in [0.3, 0.4) is 0 Å². The number of carbonyl (C=O) groups excluding carboxylic acids is 4. The van der Waals surface area contributed by atoms with Crippen molar-refractivity contribution in [1.29, 1.82) is 5.26 Å². The average Bonchev–Trinajstić information content (AvgIpc) is 3.45. The molecule has 1 saturated heterocycles. The van der Waals surface area contributed by atoms with Gasteiger partial charge < -0.3 is 20.4 Å². The van der Waals surface area contributed by atoms with Crippen LogP contribution in [0.1, 0.15) is 46.1 Å². The lowest BCUT2D eigenvalue weighted by Gasteiger charge is -2.36. The first-order valence-electron chi connectivity index (χ1n) is 13.4. The molecule has 0 aliphatic carbocycles. The number of para-hydroxylation sites is 1. The van der Waals surface area contributed by atoms with E-state index in [9.17, 15) is 33.2 Å². The van der Waals surface area contributed by atoms with E-state index in [4.69, 9.17) is 0 Å². The number of rotatable bonds is 7. The molecule has 4 rings (SSSR count). The number of hydrogen-bond donors (Lipinski definition) is 2. The Morgan fingerprint density at radius 2 is 1.90 bits per heavy atom. The predicted molar refractivity (Wildman–Crippen MR) is 147 cm³/mol. The van der Waals surface area contributed by atoms with Crippen molar-refractivity contribution >= 4 is 35.0 Å². The largest absolute Gasteiger partial charge is 0.333 e. The summed E-state index contributed by atoms with van der Waals surface area (Å²) < 4.78 is 27.8. The number of fused-ring (bicyclic) bond motifs is 2. The molecule has 41 heavy (non-hydrogen) atoms. The maximum absolute atomic E-state index is 14.2. The van der Waals surface area contributed by atoms with Crippen LogP contribution in [0.25, 0.3) is 0 Å². The molecule has 2 N–H and O–H groups in total. The number of carbonyl (C=O) groups is 4. The van der Waals surface area contributed by atoms with Gasteiger partial charge in [-0.15, -0.1) is 0 Å². The number of hydrogen-bond acceptors (Lipinski definition) is 5. The van der Waals surface area contributed by atoms with E-state index >= 15 is 0 Å². The van der Waals surface area contributed by atoms with Crippen LogP contribution in [-0.4, -0.2) is 59.1 Å². The van der Waals surface area contributed by atoms with Gasteiger partial charge in [0, 0.05) is 31.8 Å². The fraction of sp³-hybridized carbons (Fsp3) is 0.433. The topological polar surface area (TPSA) is 123 Å². The lowest BCUT2D eigenvalue weighted by Crippen LogP contribution is -2.56. The van der Waals surface area contributed by atoms with Crippen LogP contribution in [0.4, 0.5) is 20.2 Å². The van der Waals surface area contributed by atoms with Gasteiger partial charge >= 0.3 is 0 Å². The van der Waals surface area contributed by atoms with Crippen molar-refractivity contribution in [3.63, 3.8) is 0 Å². The molecule has 216 valence electrons. The van der Waals surface area contributed by atoms with Gasteiger partial charge in [-0.3, -0.25) is 19.2 Å². The summed E-state index contributed by atoms with van der Waals surface area (Å²) in [7, 11) is 1.40. The molecule has 4 amide bonds. The van der Waals surface area contributed by atoms with Crippen molar-refractivity contribution in [2.45, 2.75) is 58.0 Å². The van der Waals surface area contributed by atoms with Crippen LogP contribution in [0.5, 0.6) is 0 Å². The van der Waals surface area contributed by atoms with Crippen molar-refractivity contribution in [1.82, 2.24) is 9.80 Å². The molecule has 2 aliphatic heterocycles. The van der Waals surface area contributed by atoms with E-state index in [1.54, 1.807) is 24.3 Å². The predicted octanol–water partition coefficient (Wildman–Crippen LogP) is 3.82. The van der Waals surface area contributed by atoms with Crippen molar-refractivity contribution in [2.24, 2.45) is 11.3 Å². The Morgan fingerprint density at radius 3 is 2.56 bits per heavy atom. The molecule has 1 spiro atoms. The highest BCUT2D eigenvalue weighted by molar-refractivity contribution is 6.11. The Kier molecular flexibility index (Phi) is 7.89. The summed E-state index contributed by atoms with van der Waals surface area (Å²) in [5.41, 5.74) is -1.92. The third-order valence-corrected chi connectivity index (χ3v) is 7.96. The number of nitrogens with one attached hydrogen (secondary N) is 2. The molecule has 2 aromatic rings. The van der Waals surface area contributed by atoms with Crippen molar-refractivity contribution in [3.05, 3.63) is 59.7 Å². The monoisotopic (exact) mass is 565 g/mol. The molecular formula is C30H33F2N5O4. The molecule has 11 heteroatoms.